The summed E-state index contributed by atoms with van der Waals surface area (Å²) >= 11 is 0. The van der Waals surface area contributed by atoms with Gasteiger partial charge in [-0.15, -0.1) is 0 Å². The van der Waals surface area contributed by atoms with Crippen LogP contribution in [0.2, 0.25) is 0 Å². The lowest BCUT2D eigenvalue weighted by Gasteiger charge is -2.42. The third-order valence-corrected chi connectivity index (χ3v) is 8.20. The molecule has 0 fully saturated rings. The zero-order valence-electron chi connectivity index (χ0n) is 23.4. The fourth-order valence-electron chi connectivity index (χ4n) is 5.90. The van der Waals surface area contributed by atoms with Gasteiger partial charge in [-0.1, -0.05) is 118 Å². The first-order valence-corrected chi connectivity index (χ1v) is 14.7. The van der Waals surface area contributed by atoms with Crippen LogP contribution in [0.5, 0.6) is 0 Å². The smallest absolute Gasteiger partial charge is 0.303 e. The van der Waals surface area contributed by atoms with Crippen LogP contribution in [0.1, 0.15) is 157 Å². The topological polar surface area (TPSA) is 74.6 Å². The van der Waals surface area contributed by atoms with E-state index in [1.807, 2.05) is 0 Å². The van der Waals surface area contributed by atoms with E-state index in [9.17, 15) is 14.7 Å². The van der Waals surface area contributed by atoms with Gasteiger partial charge in [0.05, 0.1) is 0 Å². The van der Waals surface area contributed by atoms with Crippen LogP contribution in [0.15, 0.2) is 0 Å². The van der Waals surface area contributed by atoms with Gasteiger partial charge in [-0.3, -0.25) is 9.59 Å². The molecule has 0 bridgehead atoms. The molecule has 0 spiro atoms. The maximum absolute atomic E-state index is 11.9. The van der Waals surface area contributed by atoms with E-state index in [0.29, 0.717) is 18.3 Å². The Morgan fingerprint density at radius 3 is 1.53 bits per heavy atom. The number of rotatable bonds is 24. The molecule has 0 saturated heterocycles. The lowest BCUT2D eigenvalue weighted by atomic mass is 9.62. The quantitative estimate of drug-likeness (QED) is 0.134. The van der Waals surface area contributed by atoms with E-state index >= 15 is 0 Å². The van der Waals surface area contributed by atoms with Crippen molar-refractivity contribution in [1.82, 2.24) is 0 Å². The molecule has 3 unspecified atom stereocenters. The Kier molecular flexibility index (Phi) is 19.5. The van der Waals surface area contributed by atoms with Gasteiger partial charge < -0.3 is 10.2 Å². The van der Waals surface area contributed by atoms with E-state index in [0.717, 1.165) is 44.9 Å². The maximum Gasteiger partial charge on any atom is 0.303 e. The third kappa shape index (κ3) is 15.8. The van der Waals surface area contributed by atoms with E-state index < -0.39 is 11.9 Å². The molecule has 0 heterocycles. The van der Waals surface area contributed by atoms with Crippen molar-refractivity contribution in [1.29, 1.82) is 0 Å². The maximum atomic E-state index is 11.9. The highest BCUT2D eigenvalue weighted by atomic mass is 16.4. The van der Waals surface area contributed by atoms with Gasteiger partial charge in [-0.2, -0.15) is 0 Å². The van der Waals surface area contributed by atoms with Gasteiger partial charge in [0, 0.05) is 12.8 Å². The average Bonchev–Trinajstić information content (AvgIpc) is 2.79. The summed E-state index contributed by atoms with van der Waals surface area (Å²) < 4.78 is 0. The van der Waals surface area contributed by atoms with E-state index in [1.165, 1.54) is 64.2 Å². The molecule has 0 aromatic heterocycles. The van der Waals surface area contributed by atoms with Crippen LogP contribution in [0, 0.1) is 23.2 Å². The van der Waals surface area contributed by atoms with Gasteiger partial charge in [0.2, 0.25) is 0 Å². The summed E-state index contributed by atoms with van der Waals surface area (Å²) in [6.07, 6.45) is 20.0. The zero-order valence-corrected chi connectivity index (χ0v) is 23.4. The molecule has 0 aliphatic heterocycles. The molecule has 34 heavy (non-hydrogen) atoms. The van der Waals surface area contributed by atoms with Crippen molar-refractivity contribution in [3.05, 3.63) is 0 Å². The molecule has 202 valence electrons. The van der Waals surface area contributed by atoms with Crippen LogP contribution in [-0.4, -0.2) is 22.2 Å². The molecule has 0 saturated carbocycles. The fourth-order valence-corrected chi connectivity index (χ4v) is 5.90. The van der Waals surface area contributed by atoms with Gasteiger partial charge in [-0.25, -0.2) is 0 Å². The number of carboxylic acid groups (broad SMARTS) is 2. The van der Waals surface area contributed by atoms with Crippen LogP contribution in [-0.2, 0) is 9.59 Å². The van der Waals surface area contributed by atoms with Crippen molar-refractivity contribution < 1.29 is 19.8 Å². The van der Waals surface area contributed by atoms with Gasteiger partial charge in [0.1, 0.15) is 0 Å². The molecule has 0 aliphatic rings. The highest BCUT2D eigenvalue weighted by Crippen LogP contribution is 2.47. The summed E-state index contributed by atoms with van der Waals surface area (Å²) in [6, 6.07) is 0. The van der Waals surface area contributed by atoms with Crippen LogP contribution in [0.3, 0.4) is 0 Å². The highest BCUT2D eigenvalue weighted by Gasteiger charge is 2.38. The van der Waals surface area contributed by atoms with E-state index in [1.54, 1.807) is 0 Å². The van der Waals surface area contributed by atoms with E-state index in [4.69, 9.17) is 5.11 Å². The van der Waals surface area contributed by atoms with Crippen LogP contribution in [0.25, 0.3) is 0 Å². The zero-order chi connectivity index (χ0) is 25.8. The summed E-state index contributed by atoms with van der Waals surface area (Å²) in [5, 5.41) is 18.6. The van der Waals surface area contributed by atoms with Crippen molar-refractivity contribution >= 4 is 11.9 Å². The molecule has 3 atom stereocenters. The predicted molar refractivity (Wildman–Crippen MR) is 144 cm³/mol. The Morgan fingerprint density at radius 1 is 0.647 bits per heavy atom. The van der Waals surface area contributed by atoms with Crippen LogP contribution in [0.4, 0.5) is 0 Å². The minimum absolute atomic E-state index is 0.0860. The van der Waals surface area contributed by atoms with Crippen molar-refractivity contribution in [2.75, 3.05) is 0 Å². The Bertz CT molecular complexity index is 498. The van der Waals surface area contributed by atoms with Crippen molar-refractivity contribution in [2.45, 2.75) is 157 Å². The van der Waals surface area contributed by atoms with Gasteiger partial charge in [-0.05, 0) is 48.9 Å². The van der Waals surface area contributed by atoms with E-state index in [2.05, 4.69) is 34.6 Å². The van der Waals surface area contributed by atoms with Crippen molar-refractivity contribution in [3.8, 4) is 0 Å². The number of carboxylic acids is 2. The second-order valence-electron chi connectivity index (χ2n) is 11.2. The molecule has 0 aromatic rings. The Hall–Kier alpha value is -1.06. The molecular weight excluding hydrogens is 424 g/mol. The summed E-state index contributed by atoms with van der Waals surface area (Å²) in [4.78, 5) is 22.6. The highest BCUT2D eigenvalue weighted by molar-refractivity contribution is 5.67. The standard InChI is InChI=1S/C30H58O4/c1-6-10-18-25(8-3)23-30(5,24-26(9-4)19-11-7-2)27(22-29(33)34)20-16-14-12-13-15-17-21-28(31)32/h25-27H,6-24H2,1-5H3,(H,31,32)(H,33,34). The summed E-state index contributed by atoms with van der Waals surface area (Å²) in [5.74, 6) is 0.277. The number of unbranched alkanes of at least 4 members (excludes halogenated alkanes) is 7. The van der Waals surface area contributed by atoms with Gasteiger partial charge >= 0.3 is 11.9 Å². The number of hydrogen-bond acceptors (Lipinski definition) is 2. The molecule has 0 radical (unpaired) electrons. The lowest BCUT2D eigenvalue weighted by molar-refractivity contribution is -0.140. The number of hydrogen-bond donors (Lipinski definition) is 2. The Labute approximate surface area is 211 Å². The van der Waals surface area contributed by atoms with E-state index in [-0.39, 0.29) is 17.8 Å². The largest absolute Gasteiger partial charge is 0.481 e. The van der Waals surface area contributed by atoms with Gasteiger partial charge in [0.25, 0.3) is 0 Å². The molecule has 0 aliphatic carbocycles. The SMILES string of the molecule is CCCCC(CC)CC(C)(CC(CC)CCCC)C(CCCCCCCCC(=O)O)CC(=O)O. The second kappa shape index (κ2) is 20.2. The predicted octanol–water partition coefficient (Wildman–Crippen LogP) is 9.50. The van der Waals surface area contributed by atoms with Crippen molar-refractivity contribution in [3.63, 3.8) is 0 Å². The Morgan fingerprint density at radius 2 is 1.12 bits per heavy atom. The molecule has 0 aromatic carbocycles. The molecule has 4 nitrogen and oxygen atoms in total. The average molecular weight is 483 g/mol. The normalized spacial score (nSPS) is 16.0. The van der Waals surface area contributed by atoms with Crippen molar-refractivity contribution in [2.24, 2.45) is 23.2 Å². The number of carbonyl (C=O) groups is 2. The van der Waals surface area contributed by atoms with Gasteiger partial charge in [0.15, 0.2) is 0 Å². The third-order valence-electron chi connectivity index (χ3n) is 8.20. The monoisotopic (exact) mass is 482 g/mol. The molecule has 2 N–H and O–H groups in total. The first kappa shape index (κ1) is 32.9. The molecule has 0 rings (SSSR count). The first-order chi connectivity index (χ1) is 16.2. The first-order valence-electron chi connectivity index (χ1n) is 14.7. The Balaban J connectivity index is 5.26. The molecule has 4 heteroatoms. The summed E-state index contributed by atoms with van der Waals surface area (Å²) in [7, 11) is 0. The lowest BCUT2D eigenvalue weighted by Crippen LogP contribution is -2.34. The second-order valence-corrected chi connectivity index (χ2v) is 11.2. The van der Waals surface area contributed by atoms with Crippen LogP contribution < -0.4 is 0 Å². The van der Waals surface area contributed by atoms with Crippen LogP contribution >= 0.6 is 0 Å². The summed E-state index contributed by atoms with van der Waals surface area (Å²) in [6.45, 7) is 11.6. The number of aliphatic carboxylic acids is 2. The molecular formula is C30H58O4. The fraction of sp³-hybridized carbons (Fsp3) is 0.933. The molecule has 0 amide bonds. The summed E-state index contributed by atoms with van der Waals surface area (Å²) in [5.41, 5.74) is 0.0860. The minimum atomic E-state index is -0.704. The minimum Gasteiger partial charge on any atom is -0.481 e.